The molecular weight excluding hydrogens is 286 g/mol. The van der Waals surface area contributed by atoms with Crippen LogP contribution in [-0.2, 0) is 20.8 Å². The summed E-state index contributed by atoms with van der Waals surface area (Å²) in [6.45, 7) is 4.36. The van der Waals surface area contributed by atoms with Gasteiger partial charge in [0.05, 0.1) is 0 Å². The Morgan fingerprint density at radius 2 is 0.750 bits per heavy atom. The van der Waals surface area contributed by atoms with Crippen LogP contribution < -0.4 is 0 Å². The van der Waals surface area contributed by atoms with Gasteiger partial charge in [-0.15, -0.1) is 0 Å². The Bertz CT molecular complexity index is 248. The first-order valence-corrected chi connectivity index (χ1v) is 6.11. The molecule has 0 aliphatic rings. The Labute approximate surface area is 140 Å². The van der Waals surface area contributed by atoms with Crippen molar-refractivity contribution in [3.8, 4) is 0 Å². The first-order chi connectivity index (χ1) is 5.91. The molecule has 0 amide bonds. The molecule has 16 heavy (non-hydrogen) atoms. The fourth-order valence-electron chi connectivity index (χ4n) is 0. The number of hydrogen-bond donors (Lipinski definition) is 4. The topological polar surface area (TPSA) is 149 Å². The first kappa shape index (κ1) is 30.6. The monoisotopic (exact) mass is 302 g/mol. The molecule has 0 aromatic rings. The Kier molecular flexibility index (Phi) is 32.0. The fraction of sp³-hybridized carbons (Fsp3) is 1.00. The van der Waals surface area contributed by atoms with E-state index < -0.39 is 20.8 Å². The molecule has 0 aromatic carbocycles. The van der Waals surface area contributed by atoms with Crippen molar-refractivity contribution in [1.82, 2.24) is 0 Å². The maximum absolute atomic E-state index is 8.74. The summed E-state index contributed by atoms with van der Waals surface area (Å²) in [6, 6.07) is 0. The molecule has 94 valence electrons. The number of hydrogen-bond acceptors (Lipinski definition) is 4. The predicted molar refractivity (Wildman–Crippen MR) is 63.2 cm³/mol. The molecular formula is C4H16Na2O8S2. The third kappa shape index (κ3) is 456. The van der Waals surface area contributed by atoms with Gasteiger partial charge >= 0.3 is 79.9 Å². The van der Waals surface area contributed by atoms with E-state index in [4.69, 9.17) is 35.0 Å². The average Bonchev–Trinajstić information content (AvgIpc) is 1.79. The van der Waals surface area contributed by atoms with E-state index in [2.05, 4.69) is 13.8 Å². The molecule has 0 saturated heterocycles. The van der Waals surface area contributed by atoms with E-state index >= 15 is 0 Å². The minimum atomic E-state index is -4.67. The number of rotatable bonds is 1. The van der Waals surface area contributed by atoms with Gasteiger partial charge in [0, 0.05) is 0 Å². The van der Waals surface area contributed by atoms with Crippen molar-refractivity contribution in [3.05, 3.63) is 0 Å². The van der Waals surface area contributed by atoms with Crippen molar-refractivity contribution in [2.45, 2.75) is 26.7 Å². The average molecular weight is 302 g/mol. The van der Waals surface area contributed by atoms with Crippen LogP contribution in [0.4, 0.5) is 0 Å². The first-order valence-electron chi connectivity index (χ1n) is 3.31. The van der Waals surface area contributed by atoms with Crippen LogP contribution in [0.2, 0.25) is 0 Å². The van der Waals surface area contributed by atoms with Gasteiger partial charge in [0.1, 0.15) is 0 Å². The summed E-state index contributed by atoms with van der Waals surface area (Å²) in [4.78, 5) is 0. The molecule has 0 aromatic heterocycles. The molecule has 8 nitrogen and oxygen atoms in total. The SMILES string of the molecule is CCCC.O=S(=O)(O)O.O=S(=O)(O)O.[NaH].[NaH]. The van der Waals surface area contributed by atoms with Crippen LogP contribution in [0.5, 0.6) is 0 Å². The summed E-state index contributed by atoms with van der Waals surface area (Å²) in [6.07, 6.45) is 2.64. The predicted octanol–water partition coefficient (Wildman–Crippen LogP) is -0.796. The summed E-state index contributed by atoms with van der Waals surface area (Å²) in [5.41, 5.74) is 0. The van der Waals surface area contributed by atoms with Crippen LogP contribution >= 0.6 is 0 Å². The summed E-state index contributed by atoms with van der Waals surface area (Å²) >= 11 is 0. The Hall–Kier alpha value is 1.74. The maximum atomic E-state index is 8.74. The third-order valence-corrected chi connectivity index (χ3v) is 0.500. The third-order valence-electron chi connectivity index (χ3n) is 0.500. The molecule has 0 aliphatic heterocycles. The second-order valence-corrected chi connectivity index (χ2v) is 3.69. The normalized spacial score (nSPS) is 9.12. The van der Waals surface area contributed by atoms with E-state index in [1.807, 2.05) is 0 Å². The van der Waals surface area contributed by atoms with E-state index in [0.29, 0.717) is 0 Å². The van der Waals surface area contributed by atoms with Gasteiger partial charge in [-0.1, -0.05) is 26.7 Å². The quantitative estimate of drug-likeness (QED) is 0.363. The number of unbranched alkanes of at least 4 members (excludes halogenated alkanes) is 1. The summed E-state index contributed by atoms with van der Waals surface area (Å²) < 4.78 is 63.2. The van der Waals surface area contributed by atoms with Gasteiger partial charge in [0.2, 0.25) is 0 Å². The summed E-state index contributed by atoms with van der Waals surface area (Å²) in [7, 11) is -9.33. The molecule has 0 aliphatic carbocycles. The molecule has 0 radical (unpaired) electrons. The minimum absolute atomic E-state index is 0. The zero-order valence-electron chi connectivity index (χ0n) is 7.65. The Morgan fingerprint density at radius 3 is 0.750 bits per heavy atom. The van der Waals surface area contributed by atoms with Crippen LogP contribution in [0, 0.1) is 0 Å². The van der Waals surface area contributed by atoms with Crippen LogP contribution in [0.3, 0.4) is 0 Å². The van der Waals surface area contributed by atoms with E-state index in [-0.39, 0.29) is 59.1 Å². The zero-order valence-corrected chi connectivity index (χ0v) is 9.29. The molecule has 0 spiro atoms. The van der Waals surface area contributed by atoms with Gasteiger partial charge in [-0.3, -0.25) is 18.2 Å². The van der Waals surface area contributed by atoms with Gasteiger partial charge < -0.3 is 0 Å². The molecule has 12 heteroatoms. The molecule has 4 N–H and O–H groups in total. The summed E-state index contributed by atoms with van der Waals surface area (Å²) in [5, 5.41) is 0. The standard InChI is InChI=1S/C4H10.2Na.2H2O4S.2H/c1-3-4-2;;;2*1-5(2,3)4;;/h3-4H2,1-2H3;;;2*(H2,1,2,3,4);;. The van der Waals surface area contributed by atoms with Crippen molar-refractivity contribution in [2.24, 2.45) is 0 Å². The van der Waals surface area contributed by atoms with Gasteiger partial charge in [0.25, 0.3) is 0 Å². The van der Waals surface area contributed by atoms with Crippen molar-refractivity contribution >= 4 is 79.9 Å². The zero-order chi connectivity index (χ0) is 12.4. The van der Waals surface area contributed by atoms with Crippen molar-refractivity contribution in [1.29, 1.82) is 0 Å². The van der Waals surface area contributed by atoms with Crippen molar-refractivity contribution in [2.75, 3.05) is 0 Å². The van der Waals surface area contributed by atoms with Gasteiger partial charge in [0.15, 0.2) is 0 Å². The van der Waals surface area contributed by atoms with E-state index in [1.165, 1.54) is 12.8 Å². The van der Waals surface area contributed by atoms with Crippen LogP contribution in [0.15, 0.2) is 0 Å². The van der Waals surface area contributed by atoms with Crippen molar-refractivity contribution in [3.63, 3.8) is 0 Å². The molecule has 0 fully saturated rings. The second kappa shape index (κ2) is 16.7. The van der Waals surface area contributed by atoms with Gasteiger partial charge in [-0.05, 0) is 0 Å². The van der Waals surface area contributed by atoms with Gasteiger partial charge in [-0.25, -0.2) is 0 Å². The molecule has 0 rings (SSSR count). The van der Waals surface area contributed by atoms with Crippen LogP contribution in [0.25, 0.3) is 0 Å². The Morgan fingerprint density at radius 1 is 0.688 bits per heavy atom. The van der Waals surface area contributed by atoms with Crippen LogP contribution in [-0.4, -0.2) is 94.2 Å². The van der Waals surface area contributed by atoms with Crippen molar-refractivity contribution < 1.29 is 35.0 Å². The molecule has 0 bridgehead atoms. The molecule has 0 saturated carbocycles. The van der Waals surface area contributed by atoms with E-state index in [0.717, 1.165) is 0 Å². The fourth-order valence-corrected chi connectivity index (χ4v) is 0. The molecule has 0 unspecified atom stereocenters. The second-order valence-electron chi connectivity index (χ2n) is 1.90. The van der Waals surface area contributed by atoms with Gasteiger partial charge in [-0.2, -0.15) is 16.8 Å². The van der Waals surface area contributed by atoms with E-state index in [9.17, 15) is 0 Å². The molecule has 0 heterocycles. The molecule has 0 atom stereocenters. The van der Waals surface area contributed by atoms with Crippen LogP contribution in [0.1, 0.15) is 26.7 Å². The summed E-state index contributed by atoms with van der Waals surface area (Å²) in [5.74, 6) is 0. The van der Waals surface area contributed by atoms with E-state index in [1.54, 1.807) is 0 Å². The Balaban J connectivity index is -0.0000000358.